The summed E-state index contributed by atoms with van der Waals surface area (Å²) in [5.74, 6) is -4.37. The standard InChI is InChI=1S/C40H50F3NO13/c1-9-25-54-28-26-20(4)23(53-34(48)27(46)30(40(41,42)43)44-35(49)52-19(2)3)17-39(50,36(26,6)7)32(56-33(47)22-13-11-10-12-14-22)29-37(8,31(28)55-25)16-15-24-38(29,18-51-24)57-21(5)45/h9-14,19,23-25,27-32,46,50H,1,15-18H2,2-8H3,(H,44,49)/t23-,24+,25+,27+,28+,29-,30+,31+,32-,37+,38-,39+/m0/s1. The zero-order valence-corrected chi connectivity index (χ0v) is 32.8. The average molecular weight is 810 g/mol. The van der Waals surface area contributed by atoms with Crippen LogP contribution >= 0.6 is 0 Å². The Labute approximate surface area is 328 Å². The number of aliphatic hydroxyl groups excluding tert-OH is 1. The summed E-state index contributed by atoms with van der Waals surface area (Å²) in [5, 5.41) is 25.9. The number of rotatable bonds is 9. The minimum atomic E-state index is -5.34. The smallest absolute Gasteiger partial charge is 0.411 e. The van der Waals surface area contributed by atoms with Crippen LogP contribution in [0.25, 0.3) is 0 Å². The van der Waals surface area contributed by atoms with Crippen molar-refractivity contribution in [3.63, 3.8) is 0 Å². The highest BCUT2D eigenvalue weighted by Crippen LogP contribution is 2.66. The maximum atomic E-state index is 14.2. The lowest BCUT2D eigenvalue weighted by molar-refractivity contribution is -0.345. The molecule has 17 heteroatoms. The average Bonchev–Trinajstić information content (AvgIpc) is 3.54. The van der Waals surface area contributed by atoms with E-state index in [9.17, 15) is 42.6 Å². The maximum absolute atomic E-state index is 14.2. The van der Waals surface area contributed by atoms with Gasteiger partial charge >= 0.3 is 30.2 Å². The second-order valence-corrected chi connectivity index (χ2v) is 16.6. The van der Waals surface area contributed by atoms with Crippen LogP contribution in [0.5, 0.6) is 0 Å². The Hall–Kier alpha value is -4.03. The van der Waals surface area contributed by atoms with Gasteiger partial charge in [-0.3, -0.25) is 4.79 Å². The second kappa shape index (κ2) is 15.0. The second-order valence-electron chi connectivity index (χ2n) is 16.6. The summed E-state index contributed by atoms with van der Waals surface area (Å²) in [6, 6.07) is 4.83. The third-order valence-electron chi connectivity index (χ3n) is 12.5. The normalized spacial score (nSPS) is 36.4. The van der Waals surface area contributed by atoms with E-state index in [1.807, 2.05) is 6.92 Å². The molecule has 2 aliphatic heterocycles. The quantitative estimate of drug-likeness (QED) is 0.181. The molecule has 12 atom stereocenters. The fourth-order valence-corrected chi connectivity index (χ4v) is 9.81. The van der Waals surface area contributed by atoms with Gasteiger partial charge in [0.1, 0.15) is 30.0 Å². The van der Waals surface area contributed by atoms with Crippen molar-refractivity contribution in [1.82, 2.24) is 5.32 Å². The summed E-state index contributed by atoms with van der Waals surface area (Å²) in [7, 11) is 0. The van der Waals surface area contributed by atoms with E-state index in [1.54, 1.807) is 39.0 Å². The Bertz CT molecular complexity index is 1800. The van der Waals surface area contributed by atoms with Crippen molar-refractivity contribution in [2.24, 2.45) is 16.7 Å². The van der Waals surface area contributed by atoms with Gasteiger partial charge in [0.15, 0.2) is 24.0 Å². The molecule has 314 valence electrons. The van der Waals surface area contributed by atoms with Gasteiger partial charge < -0.3 is 48.7 Å². The van der Waals surface area contributed by atoms with Crippen LogP contribution in [0.4, 0.5) is 18.0 Å². The number of fused-ring (bicyclic) bond motifs is 8. The van der Waals surface area contributed by atoms with Crippen molar-refractivity contribution in [2.45, 2.75) is 140 Å². The molecule has 6 rings (SSSR count). The molecular weight excluding hydrogens is 759 g/mol. The molecule has 5 aliphatic rings. The van der Waals surface area contributed by atoms with Gasteiger partial charge in [-0.2, -0.15) is 13.2 Å². The lowest BCUT2D eigenvalue weighted by Gasteiger charge is -2.68. The van der Waals surface area contributed by atoms with Crippen molar-refractivity contribution in [3.8, 4) is 0 Å². The van der Waals surface area contributed by atoms with Gasteiger partial charge in [0.05, 0.1) is 30.3 Å². The van der Waals surface area contributed by atoms with E-state index in [2.05, 4.69) is 6.58 Å². The van der Waals surface area contributed by atoms with E-state index in [-0.39, 0.29) is 17.7 Å². The van der Waals surface area contributed by atoms with Crippen LogP contribution in [0.15, 0.2) is 54.1 Å². The van der Waals surface area contributed by atoms with Crippen LogP contribution in [0.3, 0.4) is 0 Å². The van der Waals surface area contributed by atoms with E-state index in [0.717, 1.165) is 0 Å². The summed E-state index contributed by atoms with van der Waals surface area (Å²) >= 11 is 0. The molecule has 4 fully saturated rings. The number of alkyl carbamates (subject to hydrolysis) is 1. The van der Waals surface area contributed by atoms with E-state index in [4.69, 9.17) is 33.2 Å². The van der Waals surface area contributed by atoms with Gasteiger partial charge in [-0.15, -0.1) is 0 Å². The molecule has 57 heavy (non-hydrogen) atoms. The first-order valence-electron chi connectivity index (χ1n) is 18.9. The van der Waals surface area contributed by atoms with Gasteiger partial charge in [0.25, 0.3) is 0 Å². The minimum Gasteiger partial charge on any atom is -0.456 e. The first kappa shape index (κ1) is 42.6. The molecule has 0 radical (unpaired) electrons. The zero-order valence-electron chi connectivity index (χ0n) is 32.8. The van der Waals surface area contributed by atoms with Crippen molar-refractivity contribution in [3.05, 3.63) is 59.7 Å². The Balaban J connectivity index is 1.52. The zero-order chi connectivity index (χ0) is 42.0. The monoisotopic (exact) mass is 809 g/mol. The summed E-state index contributed by atoms with van der Waals surface area (Å²) in [5.41, 5.74) is -5.53. The molecule has 0 unspecified atom stereocenters. The van der Waals surface area contributed by atoms with Crippen molar-refractivity contribution in [2.75, 3.05) is 6.61 Å². The van der Waals surface area contributed by atoms with Gasteiger partial charge in [0, 0.05) is 24.2 Å². The minimum absolute atomic E-state index is 0.127. The Kier molecular flexibility index (Phi) is 11.2. The van der Waals surface area contributed by atoms with Crippen LogP contribution < -0.4 is 5.32 Å². The number of nitrogens with one attached hydrogen (secondary N) is 1. The van der Waals surface area contributed by atoms with Crippen LogP contribution in [0.1, 0.15) is 78.1 Å². The van der Waals surface area contributed by atoms with Crippen LogP contribution in [0.2, 0.25) is 0 Å². The third-order valence-corrected chi connectivity index (χ3v) is 12.5. The fraction of sp³-hybridized carbons (Fsp3) is 0.650. The molecule has 2 saturated carbocycles. The maximum Gasteiger partial charge on any atom is 0.411 e. The fourth-order valence-electron chi connectivity index (χ4n) is 9.81. The summed E-state index contributed by atoms with van der Waals surface area (Å²) in [6.07, 6.45) is -15.8. The number of esters is 3. The number of carbonyl (C=O) groups excluding carboxylic acids is 4. The van der Waals surface area contributed by atoms with Gasteiger partial charge in [-0.25, -0.2) is 14.4 Å². The molecule has 0 aromatic heterocycles. The number of ether oxygens (including phenoxy) is 7. The number of alkyl halides is 3. The predicted octanol–water partition coefficient (Wildman–Crippen LogP) is 4.45. The number of carbonyl (C=O) groups is 4. The molecule has 2 bridgehead atoms. The Morgan fingerprint density at radius 1 is 1.07 bits per heavy atom. The highest BCUT2D eigenvalue weighted by molar-refractivity contribution is 5.89. The Morgan fingerprint density at radius 2 is 1.74 bits per heavy atom. The first-order chi connectivity index (χ1) is 26.5. The molecule has 1 aromatic rings. The van der Waals surface area contributed by atoms with Crippen molar-refractivity contribution >= 4 is 24.0 Å². The van der Waals surface area contributed by atoms with E-state index in [0.29, 0.717) is 18.4 Å². The lowest BCUT2D eigenvalue weighted by atomic mass is 9.45. The number of hydrogen-bond donors (Lipinski definition) is 3. The van der Waals surface area contributed by atoms with Gasteiger partial charge in [-0.05, 0) is 63.0 Å². The number of hydrogen-bond acceptors (Lipinski definition) is 13. The first-order valence-corrected chi connectivity index (χ1v) is 18.9. The van der Waals surface area contributed by atoms with E-state index >= 15 is 0 Å². The van der Waals surface area contributed by atoms with Crippen molar-refractivity contribution < 1.29 is 75.7 Å². The highest BCUT2D eigenvalue weighted by Gasteiger charge is 2.77. The highest BCUT2D eigenvalue weighted by atomic mass is 19.4. The molecule has 1 aromatic carbocycles. The predicted molar refractivity (Wildman–Crippen MR) is 191 cm³/mol. The lowest BCUT2D eigenvalue weighted by Crippen LogP contribution is -2.79. The summed E-state index contributed by atoms with van der Waals surface area (Å²) < 4.78 is 84.8. The van der Waals surface area contributed by atoms with Crippen LogP contribution in [0, 0.1) is 16.7 Å². The molecule has 3 aliphatic carbocycles. The molecule has 1 amide bonds. The number of halogens is 3. The number of benzene rings is 1. The molecular formula is C40H50F3NO13. The molecule has 14 nitrogen and oxygen atoms in total. The topological polar surface area (TPSA) is 185 Å². The summed E-state index contributed by atoms with van der Waals surface area (Å²) in [6.45, 7) is 14.5. The molecule has 2 saturated heterocycles. The van der Waals surface area contributed by atoms with Crippen LogP contribution in [-0.2, 0) is 42.7 Å². The molecule has 3 N–H and O–H groups in total. The summed E-state index contributed by atoms with van der Waals surface area (Å²) in [4.78, 5) is 52.9. The van der Waals surface area contributed by atoms with Crippen molar-refractivity contribution in [1.29, 1.82) is 0 Å². The molecule has 2 heterocycles. The largest absolute Gasteiger partial charge is 0.456 e. The van der Waals surface area contributed by atoms with E-state index in [1.165, 1.54) is 44.3 Å². The van der Waals surface area contributed by atoms with E-state index < -0.39 is 120 Å². The van der Waals surface area contributed by atoms with Gasteiger partial charge in [0.2, 0.25) is 0 Å². The molecule has 0 spiro atoms. The van der Waals surface area contributed by atoms with Gasteiger partial charge in [-0.1, -0.05) is 45.5 Å². The Morgan fingerprint density at radius 3 is 2.30 bits per heavy atom. The SMILES string of the molecule is C=C[C@@H]1O[C@@H]2C3=C(C)[C@@H](OC(=O)[C@H](O)[C@@H](NC(=O)OC(C)C)C(F)(F)F)C[C@@](O)([C@@H](OC(=O)c4ccccc4)[C@H]4[C@@](C)(CC[C@H]5OC[C@]54OC(C)=O)[C@@H]2O1)C3(C)C. The number of aliphatic hydroxyl groups is 2. The van der Waals surface area contributed by atoms with Crippen LogP contribution in [-0.4, -0.2) is 113 Å². The third kappa shape index (κ3) is 7.12. The number of amides is 1.